The van der Waals surface area contributed by atoms with E-state index in [-0.39, 0.29) is 5.41 Å². The highest BCUT2D eigenvalue weighted by Crippen LogP contribution is 2.29. The first-order valence-electron chi connectivity index (χ1n) is 5.13. The van der Waals surface area contributed by atoms with Crippen LogP contribution in [0.4, 0.5) is 13.2 Å². The maximum absolute atomic E-state index is 11.9. The minimum atomic E-state index is -4.71. The molecule has 5 heteroatoms. The highest BCUT2D eigenvalue weighted by atomic mass is 19.4. The summed E-state index contributed by atoms with van der Waals surface area (Å²) in [5.41, 5.74) is -0.142. The molecule has 0 N–H and O–H groups in total. The van der Waals surface area contributed by atoms with Gasteiger partial charge in [-0.25, -0.2) is 0 Å². The molecule has 0 amide bonds. The lowest BCUT2D eigenvalue weighted by Crippen LogP contribution is -2.27. The standard InChI is InChI=1S/C11H20F3NO/c1-9(2,3)7-8(10(4,5)6)15-16-11(12,13)14/h7H2,1-6H3. The van der Waals surface area contributed by atoms with Gasteiger partial charge in [0.2, 0.25) is 0 Å². The summed E-state index contributed by atoms with van der Waals surface area (Å²) in [7, 11) is 0. The molecule has 0 radical (unpaired) electrons. The van der Waals surface area contributed by atoms with Gasteiger partial charge in [-0.2, -0.15) is 0 Å². The van der Waals surface area contributed by atoms with Gasteiger partial charge in [0.1, 0.15) is 0 Å². The predicted molar refractivity (Wildman–Crippen MR) is 58.1 cm³/mol. The second-order valence-electron chi connectivity index (χ2n) is 6.06. The lowest BCUT2D eigenvalue weighted by Gasteiger charge is -2.27. The lowest BCUT2D eigenvalue weighted by molar-refractivity contribution is -0.325. The van der Waals surface area contributed by atoms with Crippen LogP contribution in [0.3, 0.4) is 0 Å². The fraction of sp³-hybridized carbons (Fsp3) is 0.909. The zero-order valence-electron chi connectivity index (χ0n) is 10.7. The summed E-state index contributed by atoms with van der Waals surface area (Å²) in [5, 5.41) is 3.24. The molecule has 0 aromatic carbocycles. The number of halogens is 3. The van der Waals surface area contributed by atoms with E-state index >= 15 is 0 Å². The number of oxime groups is 1. The first-order chi connectivity index (χ1) is 6.81. The Hall–Kier alpha value is -0.740. The lowest BCUT2D eigenvalue weighted by atomic mass is 9.79. The van der Waals surface area contributed by atoms with E-state index in [0.717, 1.165) is 0 Å². The third-order valence-corrected chi connectivity index (χ3v) is 1.82. The van der Waals surface area contributed by atoms with Crippen LogP contribution in [0.2, 0.25) is 0 Å². The van der Waals surface area contributed by atoms with Crippen LogP contribution in [0.1, 0.15) is 48.0 Å². The first-order valence-corrected chi connectivity index (χ1v) is 5.13. The van der Waals surface area contributed by atoms with Crippen molar-refractivity contribution in [3.05, 3.63) is 0 Å². The van der Waals surface area contributed by atoms with Gasteiger partial charge in [-0.1, -0.05) is 46.7 Å². The first kappa shape index (κ1) is 15.3. The molecule has 0 saturated carbocycles. The van der Waals surface area contributed by atoms with E-state index in [2.05, 4.69) is 9.99 Å². The second-order valence-corrected chi connectivity index (χ2v) is 6.06. The Morgan fingerprint density at radius 1 is 1.00 bits per heavy atom. The highest BCUT2D eigenvalue weighted by molar-refractivity contribution is 5.89. The van der Waals surface area contributed by atoms with Crippen molar-refractivity contribution in [3.8, 4) is 0 Å². The molecule has 0 aromatic heterocycles. The summed E-state index contributed by atoms with van der Waals surface area (Å²) in [6.45, 7) is 11.3. The van der Waals surface area contributed by atoms with Gasteiger partial charge in [-0.05, 0) is 11.8 Å². The van der Waals surface area contributed by atoms with E-state index in [1.165, 1.54) is 0 Å². The molecule has 0 heterocycles. The van der Waals surface area contributed by atoms with E-state index in [1.54, 1.807) is 0 Å². The molecule has 0 aliphatic carbocycles. The van der Waals surface area contributed by atoms with Gasteiger partial charge in [0, 0.05) is 5.41 Å². The smallest absolute Gasteiger partial charge is 0.294 e. The van der Waals surface area contributed by atoms with E-state index in [9.17, 15) is 13.2 Å². The van der Waals surface area contributed by atoms with Gasteiger partial charge in [0.15, 0.2) is 0 Å². The number of alkyl halides is 3. The summed E-state index contributed by atoms with van der Waals surface area (Å²) < 4.78 is 35.7. The zero-order chi connectivity index (χ0) is 13.2. The average molecular weight is 239 g/mol. The number of nitrogens with zero attached hydrogens (tertiary/aromatic N) is 1. The molecule has 0 aliphatic heterocycles. The van der Waals surface area contributed by atoms with Crippen molar-refractivity contribution in [2.45, 2.75) is 54.3 Å². The Labute approximate surface area is 94.8 Å². The van der Waals surface area contributed by atoms with Crippen molar-refractivity contribution >= 4 is 5.71 Å². The summed E-state index contributed by atoms with van der Waals surface area (Å²) in [6.07, 6.45) is -4.25. The Bertz CT molecular complexity index is 256. The van der Waals surface area contributed by atoms with Crippen molar-refractivity contribution in [3.63, 3.8) is 0 Å². The van der Waals surface area contributed by atoms with Gasteiger partial charge in [0.05, 0.1) is 5.71 Å². The molecule has 0 aromatic rings. The fourth-order valence-corrected chi connectivity index (χ4v) is 1.04. The maximum atomic E-state index is 11.9. The highest BCUT2D eigenvalue weighted by Gasteiger charge is 2.33. The van der Waals surface area contributed by atoms with Crippen LogP contribution in [0.25, 0.3) is 0 Å². The van der Waals surface area contributed by atoms with Crippen molar-refractivity contribution in [1.82, 2.24) is 0 Å². The van der Waals surface area contributed by atoms with Gasteiger partial charge >= 0.3 is 6.36 Å². The average Bonchev–Trinajstić information content (AvgIpc) is 1.91. The molecule has 0 fully saturated rings. The van der Waals surface area contributed by atoms with Crippen LogP contribution in [0.15, 0.2) is 5.16 Å². The number of hydrogen-bond donors (Lipinski definition) is 0. The molecule has 0 atom stereocenters. The van der Waals surface area contributed by atoms with Crippen LogP contribution in [0.5, 0.6) is 0 Å². The van der Waals surface area contributed by atoms with E-state index in [1.807, 2.05) is 41.5 Å². The summed E-state index contributed by atoms with van der Waals surface area (Å²) in [5.74, 6) is 0. The summed E-state index contributed by atoms with van der Waals surface area (Å²) >= 11 is 0. The molecular weight excluding hydrogens is 219 g/mol. The molecule has 0 unspecified atom stereocenters. The van der Waals surface area contributed by atoms with Crippen LogP contribution in [-0.4, -0.2) is 12.1 Å². The maximum Gasteiger partial charge on any atom is 0.593 e. The minimum absolute atomic E-state index is 0.124. The van der Waals surface area contributed by atoms with Crippen molar-refractivity contribution < 1.29 is 18.0 Å². The van der Waals surface area contributed by atoms with Crippen LogP contribution in [-0.2, 0) is 4.84 Å². The van der Waals surface area contributed by atoms with Crippen molar-refractivity contribution in [2.75, 3.05) is 0 Å². The quantitative estimate of drug-likeness (QED) is 0.518. The Morgan fingerprint density at radius 3 is 1.69 bits per heavy atom. The second kappa shape index (κ2) is 4.63. The normalized spacial score (nSPS) is 15.2. The SMILES string of the molecule is CC(C)(C)CC(=NOC(F)(F)F)C(C)(C)C. The van der Waals surface area contributed by atoms with Gasteiger partial charge in [-0.15, -0.1) is 13.2 Å². The number of hydrogen-bond acceptors (Lipinski definition) is 2. The van der Waals surface area contributed by atoms with Gasteiger partial charge in [-0.3, -0.25) is 4.84 Å². The molecule has 16 heavy (non-hydrogen) atoms. The van der Waals surface area contributed by atoms with Gasteiger partial charge < -0.3 is 0 Å². The van der Waals surface area contributed by atoms with Crippen LogP contribution < -0.4 is 0 Å². The third-order valence-electron chi connectivity index (χ3n) is 1.82. The number of rotatable bonds is 2. The monoisotopic (exact) mass is 239 g/mol. The Balaban J connectivity index is 4.84. The Morgan fingerprint density at radius 2 is 1.44 bits per heavy atom. The predicted octanol–water partition coefficient (Wildman–Crippen LogP) is 4.36. The van der Waals surface area contributed by atoms with Crippen LogP contribution >= 0.6 is 0 Å². The molecule has 96 valence electrons. The van der Waals surface area contributed by atoms with E-state index in [4.69, 9.17) is 0 Å². The summed E-state index contributed by atoms with van der Waals surface area (Å²) in [6, 6.07) is 0. The molecule has 0 spiro atoms. The molecule has 0 aliphatic rings. The summed E-state index contributed by atoms with van der Waals surface area (Å²) in [4.78, 5) is 3.55. The largest absolute Gasteiger partial charge is 0.593 e. The third kappa shape index (κ3) is 7.54. The Kier molecular flexibility index (Phi) is 4.42. The van der Waals surface area contributed by atoms with Crippen molar-refractivity contribution in [2.24, 2.45) is 16.0 Å². The van der Waals surface area contributed by atoms with Crippen LogP contribution in [0, 0.1) is 10.8 Å². The molecule has 0 bridgehead atoms. The molecule has 0 rings (SSSR count). The van der Waals surface area contributed by atoms with E-state index < -0.39 is 11.8 Å². The van der Waals surface area contributed by atoms with Gasteiger partial charge in [0.25, 0.3) is 0 Å². The molecule has 0 saturated heterocycles. The zero-order valence-corrected chi connectivity index (χ0v) is 10.7. The van der Waals surface area contributed by atoms with E-state index in [0.29, 0.717) is 12.1 Å². The van der Waals surface area contributed by atoms with Crippen molar-refractivity contribution in [1.29, 1.82) is 0 Å². The fourth-order valence-electron chi connectivity index (χ4n) is 1.04. The topological polar surface area (TPSA) is 21.6 Å². The minimum Gasteiger partial charge on any atom is -0.294 e. The molecular formula is C11H20F3NO. The molecule has 2 nitrogen and oxygen atoms in total.